The van der Waals surface area contributed by atoms with Crippen LogP contribution in [0.4, 0.5) is 5.69 Å². The summed E-state index contributed by atoms with van der Waals surface area (Å²) in [5, 5.41) is 6.00. The molecular weight excluding hydrogens is 464 g/mol. The first-order valence-corrected chi connectivity index (χ1v) is 12.0. The maximum atomic E-state index is 12.8. The number of carbonyl (C=O) groups excluding carboxylic acids is 2. The molecule has 0 fully saturated rings. The van der Waals surface area contributed by atoms with Gasteiger partial charge in [-0.25, -0.2) is 0 Å². The molecule has 0 aliphatic heterocycles. The summed E-state index contributed by atoms with van der Waals surface area (Å²) >= 11 is 0. The summed E-state index contributed by atoms with van der Waals surface area (Å²) in [6.45, 7) is 4.24. The van der Waals surface area contributed by atoms with Gasteiger partial charge in [0.15, 0.2) is 0 Å². The quantitative estimate of drug-likeness (QED) is 0.246. The highest BCUT2D eigenvalue weighted by molar-refractivity contribution is 6.08. The first-order chi connectivity index (χ1) is 17.9. The molecule has 0 aliphatic carbocycles. The van der Waals surface area contributed by atoms with Gasteiger partial charge in [0, 0.05) is 39.9 Å². The van der Waals surface area contributed by atoms with Crippen LogP contribution >= 0.6 is 0 Å². The maximum absolute atomic E-state index is 12.8. The summed E-state index contributed by atoms with van der Waals surface area (Å²) < 4.78 is 11.9. The molecule has 3 N–H and O–H groups in total. The van der Waals surface area contributed by atoms with Gasteiger partial charge in [0.05, 0.1) is 12.9 Å². The fraction of sp³-hybridized carbons (Fsp3) is 0.0968. The maximum Gasteiger partial charge on any atom is 0.248 e. The summed E-state index contributed by atoms with van der Waals surface area (Å²) in [5.41, 5.74) is 10.4. The second-order valence-electron chi connectivity index (χ2n) is 8.72. The number of hydrogen-bond acceptors (Lipinski definition) is 4. The van der Waals surface area contributed by atoms with Gasteiger partial charge in [-0.2, -0.15) is 0 Å². The lowest BCUT2D eigenvalue weighted by Crippen LogP contribution is -2.13. The van der Waals surface area contributed by atoms with Crippen molar-refractivity contribution in [3.05, 3.63) is 102 Å². The number of allylic oxidation sites excluding steroid dienone is 1. The summed E-state index contributed by atoms with van der Waals surface area (Å²) in [7, 11) is 0. The van der Waals surface area contributed by atoms with E-state index >= 15 is 0 Å². The standard InChI is InChI=1S/C31H26N2O4/c1-3-36-28-17-29-26(27(18-37-29)24-13-7-9-20-8-4-5-12-23(20)24)16-25(28)19(2)14-30(34)33-22-11-6-10-21(15-22)31(32)35/h4-18H,3H2,1-2H3,(H2,32,35)(H,33,34)/b19-14+. The van der Waals surface area contributed by atoms with Crippen LogP contribution in [-0.2, 0) is 4.79 Å². The van der Waals surface area contributed by atoms with Crippen LogP contribution in [0.3, 0.4) is 0 Å². The van der Waals surface area contributed by atoms with Crippen LogP contribution < -0.4 is 15.8 Å². The van der Waals surface area contributed by atoms with E-state index in [9.17, 15) is 9.59 Å². The molecule has 4 aromatic carbocycles. The second-order valence-corrected chi connectivity index (χ2v) is 8.72. The fourth-order valence-electron chi connectivity index (χ4n) is 4.51. The minimum atomic E-state index is -0.556. The van der Waals surface area contributed by atoms with Crippen molar-refractivity contribution in [2.75, 3.05) is 11.9 Å². The van der Waals surface area contributed by atoms with E-state index in [4.69, 9.17) is 14.9 Å². The molecule has 0 bridgehead atoms. The number of primary amides is 1. The van der Waals surface area contributed by atoms with Crippen molar-refractivity contribution < 1.29 is 18.7 Å². The second kappa shape index (κ2) is 10.0. The predicted octanol–water partition coefficient (Wildman–Crippen LogP) is 6.79. The van der Waals surface area contributed by atoms with Crippen LogP contribution in [0.25, 0.3) is 38.4 Å². The van der Waals surface area contributed by atoms with E-state index in [-0.39, 0.29) is 5.91 Å². The number of nitrogens with one attached hydrogen (secondary N) is 1. The van der Waals surface area contributed by atoms with Crippen LogP contribution in [-0.4, -0.2) is 18.4 Å². The van der Waals surface area contributed by atoms with E-state index in [1.807, 2.05) is 44.2 Å². The van der Waals surface area contributed by atoms with Crippen molar-refractivity contribution in [1.29, 1.82) is 0 Å². The highest BCUT2D eigenvalue weighted by Crippen LogP contribution is 2.39. The minimum Gasteiger partial charge on any atom is -0.493 e. The fourth-order valence-corrected chi connectivity index (χ4v) is 4.51. The topological polar surface area (TPSA) is 94.6 Å². The number of carbonyl (C=O) groups is 2. The Bertz CT molecular complexity index is 1670. The van der Waals surface area contributed by atoms with Gasteiger partial charge in [-0.05, 0) is 60.0 Å². The molecule has 1 heterocycles. The Labute approximate surface area is 214 Å². The number of amides is 2. The minimum absolute atomic E-state index is 0.323. The van der Waals surface area contributed by atoms with Crippen molar-refractivity contribution in [3.8, 4) is 16.9 Å². The van der Waals surface area contributed by atoms with E-state index < -0.39 is 5.91 Å². The summed E-state index contributed by atoms with van der Waals surface area (Å²) in [6.07, 6.45) is 3.28. The Morgan fingerprint density at radius 3 is 2.54 bits per heavy atom. The normalized spacial score (nSPS) is 11.6. The third-order valence-electron chi connectivity index (χ3n) is 6.24. The molecular formula is C31H26N2O4. The zero-order valence-corrected chi connectivity index (χ0v) is 20.6. The van der Waals surface area contributed by atoms with Crippen LogP contribution in [0.1, 0.15) is 29.8 Å². The molecule has 5 rings (SSSR count). The lowest BCUT2D eigenvalue weighted by molar-refractivity contribution is -0.111. The van der Waals surface area contributed by atoms with Crippen molar-refractivity contribution in [1.82, 2.24) is 0 Å². The van der Waals surface area contributed by atoms with Gasteiger partial charge in [0.2, 0.25) is 11.8 Å². The number of anilines is 1. The van der Waals surface area contributed by atoms with E-state index in [1.165, 1.54) is 6.08 Å². The molecule has 0 saturated heterocycles. The molecule has 0 saturated carbocycles. The monoisotopic (exact) mass is 490 g/mol. The van der Waals surface area contributed by atoms with E-state index in [2.05, 4.69) is 29.6 Å². The number of hydrogen-bond donors (Lipinski definition) is 2. The van der Waals surface area contributed by atoms with Crippen molar-refractivity contribution >= 4 is 44.8 Å². The third kappa shape index (κ3) is 4.82. The molecule has 2 amide bonds. The first-order valence-electron chi connectivity index (χ1n) is 12.0. The lowest BCUT2D eigenvalue weighted by Gasteiger charge is -2.12. The highest BCUT2D eigenvalue weighted by atomic mass is 16.5. The molecule has 37 heavy (non-hydrogen) atoms. The van der Waals surface area contributed by atoms with Crippen molar-refractivity contribution in [2.45, 2.75) is 13.8 Å². The summed E-state index contributed by atoms with van der Waals surface area (Å²) in [6, 6.07) is 24.8. The molecule has 0 radical (unpaired) electrons. The molecule has 6 nitrogen and oxygen atoms in total. The molecule has 1 aromatic heterocycles. The lowest BCUT2D eigenvalue weighted by atomic mass is 9.96. The number of fused-ring (bicyclic) bond motifs is 2. The number of rotatable bonds is 7. The zero-order chi connectivity index (χ0) is 25.9. The number of benzene rings is 4. The van der Waals surface area contributed by atoms with Gasteiger partial charge in [-0.15, -0.1) is 0 Å². The molecule has 0 unspecified atom stereocenters. The first kappa shape index (κ1) is 23.9. The number of ether oxygens (including phenoxy) is 1. The largest absolute Gasteiger partial charge is 0.493 e. The van der Waals surface area contributed by atoms with Crippen LogP contribution in [0.2, 0.25) is 0 Å². The van der Waals surface area contributed by atoms with Gasteiger partial charge >= 0.3 is 0 Å². The van der Waals surface area contributed by atoms with Crippen LogP contribution in [0.5, 0.6) is 5.75 Å². The smallest absolute Gasteiger partial charge is 0.248 e. The van der Waals surface area contributed by atoms with Crippen molar-refractivity contribution in [3.63, 3.8) is 0 Å². The number of furan rings is 1. The van der Waals surface area contributed by atoms with Gasteiger partial charge in [0.25, 0.3) is 0 Å². The third-order valence-corrected chi connectivity index (χ3v) is 6.24. The van der Waals surface area contributed by atoms with E-state index in [0.717, 1.165) is 38.4 Å². The van der Waals surface area contributed by atoms with Gasteiger partial charge in [-0.3, -0.25) is 9.59 Å². The van der Waals surface area contributed by atoms with Gasteiger partial charge in [-0.1, -0.05) is 48.5 Å². The predicted molar refractivity (Wildman–Crippen MR) is 148 cm³/mol. The average Bonchev–Trinajstić information content (AvgIpc) is 3.30. The Morgan fingerprint density at radius 1 is 0.946 bits per heavy atom. The van der Waals surface area contributed by atoms with E-state index in [1.54, 1.807) is 30.5 Å². The molecule has 184 valence electrons. The van der Waals surface area contributed by atoms with Crippen LogP contribution in [0.15, 0.2) is 95.6 Å². The highest BCUT2D eigenvalue weighted by Gasteiger charge is 2.16. The molecule has 0 spiro atoms. The SMILES string of the molecule is CCOc1cc2occ(-c3cccc4ccccc34)c2cc1/C(C)=C/C(=O)Nc1cccc(C(N)=O)c1. The van der Waals surface area contributed by atoms with Crippen molar-refractivity contribution in [2.24, 2.45) is 5.73 Å². The van der Waals surface area contributed by atoms with Gasteiger partial charge in [0.1, 0.15) is 11.3 Å². The average molecular weight is 491 g/mol. The Hall–Kier alpha value is -4.84. The Morgan fingerprint density at radius 2 is 1.73 bits per heavy atom. The Balaban J connectivity index is 1.55. The molecule has 5 aromatic rings. The van der Waals surface area contributed by atoms with E-state index in [0.29, 0.717) is 29.2 Å². The molecule has 6 heteroatoms. The summed E-state index contributed by atoms with van der Waals surface area (Å²) in [4.78, 5) is 24.3. The molecule has 0 atom stereocenters. The number of nitrogens with two attached hydrogens (primary N) is 1. The Kier molecular flexibility index (Phi) is 6.47. The summed E-state index contributed by atoms with van der Waals surface area (Å²) in [5.74, 6) is -0.256. The molecule has 0 aliphatic rings. The zero-order valence-electron chi connectivity index (χ0n) is 20.6. The van der Waals surface area contributed by atoms with Crippen LogP contribution in [0, 0.1) is 0 Å². The van der Waals surface area contributed by atoms with Gasteiger partial charge < -0.3 is 20.2 Å².